The van der Waals surface area contributed by atoms with Crippen molar-refractivity contribution in [2.75, 3.05) is 58.4 Å². The maximum absolute atomic E-state index is 14.3. The van der Waals surface area contributed by atoms with E-state index in [1.807, 2.05) is 18.5 Å². The number of piperazine rings is 1. The fraction of sp³-hybridized carbons (Fsp3) is 0.578. The predicted molar refractivity (Wildman–Crippen MR) is 233 cm³/mol. The first kappa shape index (κ1) is 42.1. The Bertz CT molecular complexity index is 2270. The molecule has 5 atom stereocenters. The molecule has 8 rings (SSSR count). The van der Waals surface area contributed by atoms with Gasteiger partial charge in [0.15, 0.2) is 0 Å². The van der Waals surface area contributed by atoms with Crippen molar-refractivity contribution in [3.8, 4) is 22.5 Å². The highest BCUT2D eigenvalue weighted by molar-refractivity contribution is 7.10. The van der Waals surface area contributed by atoms with Gasteiger partial charge in [0.1, 0.15) is 17.7 Å². The molecule has 0 radical (unpaired) electrons. The normalized spacial score (nSPS) is 24.1. The Morgan fingerprint density at radius 2 is 1.92 bits per heavy atom. The number of pyridine rings is 1. The summed E-state index contributed by atoms with van der Waals surface area (Å²) in [6.07, 6.45) is 2.60. The molecule has 14 nitrogen and oxygen atoms in total. The zero-order chi connectivity index (χ0) is 42.7. The van der Waals surface area contributed by atoms with Crippen LogP contribution in [0.25, 0.3) is 33.4 Å². The highest BCUT2D eigenvalue weighted by atomic mass is 32.1. The molecule has 3 aromatic heterocycles. The fourth-order valence-electron chi connectivity index (χ4n) is 8.98. The summed E-state index contributed by atoms with van der Waals surface area (Å²) >= 11 is 1.45. The second-order valence-electron chi connectivity index (χ2n) is 18.8. The van der Waals surface area contributed by atoms with E-state index in [1.54, 1.807) is 27.9 Å². The fourth-order valence-corrected chi connectivity index (χ4v) is 9.83. The average Bonchev–Trinajstić information content (AvgIpc) is 3.75. The van der Waals surface area contributed by atoms with Gasteiger partial charge in [-0.05, 0) is 90.1 Å². The number of benzene rings is 1. The number of fused-ring (bicyclic) bond motifs is 8. The molecular formula is C45H60N8O6S. The Labute approximate surface area is 356 Å². The number of methoxy groups -OCH3 is 1. The summed E-state index contributed by atoms with van der Waals surface area (Å²) in [6.45, 7) is 19.0. The van der Waals surface area contributed by atoms with Gasteiger partial charge in [-0.25, -0.2) is 15.2 Å². The van der Waals surface area contributed by atoms with Gasteiger partial charge < -0.3 is 33.9 Å². The molecule has 1 aliphatic carbocycles. The Kier molecular flexibility index (Phi) is 11.5. The van der Waals surface area contributed by atoms with Crippen LogP contribution < -0.4 is 15.6 Å². The summed E-state index contributed by atoms with van der Waals surface area (Å²) in [6, 6.07) is 7.13. The van der Waals surface area contributed by atoms with Gasteiger partial charge in [-0.15, -0.1) is 11.3 Å². The van der Waals surface area contributed by atoms with Crippen molar-refractivity contribution in [2.24, 2.45) is 17.3 Å². The summed E-state index contributed by atoms with van der Waals surface area (Å²) in [5.41, 5.74) is 9.99. The molecule has 15 heteroatoms. The third-order valence-corrected chi connectivity index (χ3v) is 13.2. The Morgan fingerprint density at radius 1 is 1.15 bits per heavy atom. The van der Waals surface area contributed by atoms with Crippen LogP contribution in [-0.2, 0) is 43.2 Å². The minimum absolute atomic E-state index is 0.0721. The number of hydrogen-bond acceptors (Lipinski definition) is 12. The van der Waals surface area contributed by atoms with Gasteiger partial charge in [0.2, 0.25) is 0 Å². The lowest BCUT2D eigenvalue weighted by Gasteiger charge is -2.35. The first-order chi connectivity index (χ1) is 28.5. The van der Waals surface area contributed by atoms with Crippen LogP contribution in [-0.4, -0.2) is 114 Å². The third kappa shape index (κ3) is 8.63. The SMILES string of the molecule is CCn1c(-c2cc(N3CCN(C)CC3)cnc2[C@H](C)OC)c2c3cc(ccc31)-c1csc(n1)C[C@H](NC(=O)OC(C)(C)C)C(=O)N1CC3CC3[C@H](N1)C(=O)OCC(C)(C)C2. The summed E-state index contributed by atoms with van der Waals surface area (Å²) in [4.78, 5) is 56.4. The van der Waals surface area contributed by atoms with Crippen LogP contribution in [0.15, 0.2) is 35.8 Å². The average molecular weight is 841 g/mol. The van der Waals surface area contributed by atoms with Crippen LogP contribution in [0.3, 0.4) is 0 Å². The van der Waals surface area contributed by atoms with Gasteiger partial charge in [0.25, 0.3) is 5.91 Å². The van der Waals surface area contributed by atoms with E-state index in [9.17, 15) is 14.4 Å². The molecule has 322 valence electrons. The number of rotatable bonds is 6. The van der Waals surface area contributed by atoms with Crippen LogP contribution in [0, 0.1) is 17.3 Å². The number of hydrogen-bond donors (Lipinski definition) is 2. The number of anilines is 1. The van der Waals surface area contributed by atoms with Crippen LogP contribution in [0.1, 0.15) is 77.3 Å². The maximum Gasteiger partial charge on any atom is 0.408 e. The number of alkyl carbamates (subject to hydrolysis) is 1. The van der Waals surface area contributed by atoms with E-state index in [4.69, 9.17) is 24.2 Å². The van der Waals surface area contributed by atoms with E-state index >= 15 is 0 Å². The van der Waals surface area contributed by atoms with Crippen molar-refractivity contribution in [3.05, 3.63) is 52.1 Å². The Hall–Kier alpha value is -4.57. The van der Waals surface area contributed by atoms with Gasteiger partial charge >= 0.3 is 12.1 Å². The molecule has 4 aliphatic rings. The lowest BCUT2D eigenvalue weighted by atomic mass is 9.84. The van der Waals surface area contributed by atoms with Crippen molar-refractivity contribution in [2.45, 2.75) is 98.1 Å². The van der Waals surface area contributed by atoms with E-state index in [0.29, 0.717) is 24.5 Å². The quantitative estimate of drug-likeness (QED) is 0.214. The molecule has 6 bridgehead atoms. The number of amides is 2. The smallest absolute Gasteiger partial charge is 0.408 e. The van der Waals surface area contributed by atoms with E-state index in [0.717, 1.165) is 83.0 Å². The number of hydrazine groups is 1. The van der Waals surface area contributed by atoms with Gasteiger partial charge in [-0.1, -0.05) is 19.9 Å². The molecule has 2 amide bonds. The summed E-state index contributed by atoms with van der Waals surface area (Å²) in [5, 5.41) is 8.11. The van der Waals surface area contributed by atoms with E-state index in [1.165, 1.54) is 16.3 Å². The summed E-state index contributed by atoms with van der Waals surface area (Å²) in [5.74, 6) is -0.499. The third-order valence-electron chi connectivity index (χ3n) is 12.4. The van der Waals surface area contributed by atoms with Crippen LogP contribution >= 0.6 is 11.3 Å². The van der Waals surface area contributed by atoms with E-state index < -0.39 is 29.2 Å². The zero-order valence-electron chi connectivity index (χ0n) is 36.5. The number of aromatic nitrogens is 3. The molecular weight excluding hydrogens is 781 g/mol. The number of cyclic esters (lactones) is 1. The number of aryl methyl sites for hydroxylation is 1. The van der Waals surface area contributed by atoms with E-state index in [2.05, 4.69) is 77.2 Å². The highest BCUT2D eigenvalue weighted by Crippen LogP contribution is 2.46. The molecule has 3 aliphatic heterocycles. The van der Waals surface area contributed by atoms with Crippen LogP contribution in [0.5, 0.6) is 0 Å². The molecule has 0 spiro atoms. The molecule has 1 saturated carbocycles. The van der Waals surface area contributed by atoms with Crippen molar-refractivity contribution >= 4 is 45.9 Å². The molecule has 3 fully saturated rings. The monoisotopic (exact) mass is 840 g/mol. The number of nitrogens with zero attached hydrogens (tertiary/aromatic N) is 6. The molecule has 1 aromatic carbocycles. The van der Waals surface area contributed by atoms with Gasteiger partial charge in [0.05, 0.1) is 46.7 Å². The predicted octanol–water partition coefficient (Wildman–Crippen LogP) is 6.22. The second-order valence-corrected chi connectivity index (χ2v) is 19.7. The van der Waals surface area contributed by atoms with E-state index in [-0.39, 0.29) is 42.8 Å². The standard InChI is InChI=1S/C45H60N8O6S/c1-10-52-36-12-11-27-17-31(36)33(40(52)32-19-29(22-46-38(32)26(2)57-9)51-15-13-50(8)14-16-51)21-45(6,7)25-58-42(55)39-30-18-28(30)23-53(49-39)41(54)34(20-37-47-35(27)24-60-37)48-43(56)59-44(3,4)5/h11-12,17,19,22,24,26,28,30,34,39,49H,10,13-16,18,20-21,23,25H2,1-9H3,(H,48,56)/t26-,28?,30?,34-,39-/m0/s1. The van der Waals surface area contributed by atoms with Crippen LogP contribution in [0.4, 0.5) is 10.5 Å². The number of carbonyl (C=O) groups excluding carboxylic acids is 3. The molecule has 2 saturated heterocycles. The number of ether oxygens (including phenoxy) is 3. The summed E-state index contributed by atoms with van der Waals surface area (Å²) < 4.78 is 20.2. The first-order valence-electron chi connectivity index (χ1n) is 21.3. The minimum atomic E-state index is -0.981. The zero-order valence-corrected chi connectivity index (χ0v) is 37.3. The lowest BCUT2D eigenvalue weighted by molar-refractivity contribution is -0.155. The number of esters is 1. The van der Waals surface area contributed by atoms with Crippen molar-refractivity contribution < 1.29 is 28.6 Å². The maximum atomic E-state index is 14.3. The molecule has 2 unspecified atom stereocenters. The van der Waals surface area contributed by atoms with Gasteiger partial charge in [-0.3, -0.25) is 19.6 Å². The number of likely N-dealkylation sites (N-methyl/N-ethyl adjacent to an activating group) is 1. The van der Waals surface area contributed by atoms with Crippen molar-refractivity contribution in [3.63, 3.8) is 0 Å². The number of carbonyl (C=O) groups is 3. The molecule has 60 heavy (non-hydrogen) atoms. The topological polar surface area (TPSA) is 143 Å². The van der Waals surface area contributed by atoms with Crippen molar-refractivity contribution in [1.29, 1.82) is 0 Å². The summed E-state index contributed by atoms with van der Waals surface area (Å²) in [7, 11) is 3.89. The molecule has 4 aromatic rings. The van der Waals surface area contributed by atoms with Gasteiger partial charge in [0, 0.05) is 85.6 Å². The van der Waals surface area contributed by atoms with Crippen LogP contribution in [0.2, 0.25) is 0 Å². The number of nitrogens with one attached hydrogen (secondary N) is 2. The first-order valence-corrected chi connectivity index (χ1v) is 22.2. The second kappa shape index (κ2) is 16.4. The molecule has 2 N–H and O–H groups in total. The Morgan fingerprint density at radius 3 is 2.63 bits per heavy atom. The van der Waals surface area contributed by atoms with Gasteiger partial charge in [-0.2, -0.15) is 0 Å². The number of thiazole rings is 1. The lowest BCUT2D eigenvalue weighted by Crippen LogP contribution is -2.61. The largest absolute Gasteiger partial charge is 0.464 e. The van der Waals surface area contributed by atoms with Crippen molar-refractivity contribution in [1.82, 2.24) is 35.2 Å². The Balaban J connectivity index is 1.26. The molecule has 6 heterocycles. The minimum Gasteiger partial charge on any atom is -0.464 e. The highest BCUT2D eigenvalue weighted by Gasteiger charge is 2.53.